The van der Waals surface area contributed by atoms with Gasteiger partial charge in [0.05, 0.1) is 11.6 Å². The number of nitrogens with one attached hydrogen (secondary N) is 1. The lowest BCUT2D eigenvalue weighted by Gasteiger charge is -2.18. The lowest BCUT2D eigenvalue weighted by Crippen LogP contribution is -2.17. The zero-order valence-corrected chi connectivity index (χ0v) is 12.0. The van der Waals surface area contributed by atoms with E-state index in [0.29, 0.717) is 5.56 Å². The van der Waals surface area contributed by atoms with Crippen molar-refractivity contribution in [2.45, 2.75) is 19.4 Å². The number of hydrogen-bond acceptors (Lipinski definition) is 3. The standard InChI is InChI=1S/C18H19N3/c19-13-15-5-3-6-16(11-15)14-20-17-7-4-8-18(12-17)21-9-1-2-10-21/h3-8,11-12,20H,1-2,9-10,14H2. The molecule has 1 aliphatic heterocycles. The van der Waals surface area contributed by atoms with Gasteiger partial charge >= 0.3 is 0 Å². The molecule has 0 aliphatic carbocycles. The highest BCUT2D eigenvalue weighted by atomic mass is 15.1. The number of benzene rings is 2. The number of nitrogens with zero attached hydrogens (tertiary/aromatic N) is 2. The second-order valence-corrected chi connectivity index (χ2v) is 5.41. The van der Waals surface area contributed by atoms with Crippen LogP contribution < -0.4 is 10.2 Å². The molecule has 0 radical (unpaired) electrons. The molecule has 3 rings (SSSR count). The van der Waals surface area contributed by atoms with Gasteiger partial charge in [-0.3, -0.25) is 0 Å². The van der Waals surface area contributed by atoms with Gasteiger partial charge in [-0.25, -0.2) is 0 Å². The minimum absolute atomic E-state index is 0.708. The quantitative estimate of drug-likeness (QED) is 0.924. The van der Waals surface area contributed by atoms with E-state index in [0.717, 1.165) is 30.9 Å². The first-order chi connectivity index (χ1) is 10.3. The van der Waals surface area contributed by atoms with Gasteiger partial charge in [-0.15, -0.1) is 0 Å². The lowest BCUT2D eigenvalue weighted by atomic mass is 10.1. The molecule has 1 saturated heterocycles. The molecule has 1 aliphatic rings. The van der Waals surface area contributed by atoms with Gasteiger partial charge in [-0.2, -0.15) is 5.26 Å². The van der Waals surface area contributed by atoms with Gasteiger partial charge in [0.15, 0.2) is 0 Å². The second-order valence-electron chi connectivity index (χ2n) is 5.41. The molecule has 1 N–H and O–H groups in total. The molecule has 0 saturated carbocycles. The molecule has 2 aromatic carbocycles. The lowest BCUT2D eigenvalue weighted by molar-refractivity contribution is 0.949. The van der Waals surface area contributed by atoms with Crippen LogP contribution in [0, 0.1) is 11.3 Å². The van der Waals surface area contributed by atoms with Crippen LogP contribution >= 0.6 is 0 Å². The van der Waals surface area contributed by atoms with Crippen molar-refractivity contribution in [3.8, 4) is 6.07 Å². The molecule has 0 unspecified atom stereocenters. The zero-order chi connectivity index (χ0) is 14.5. The number of rotatable bonds is 4. The molecular formula is C18H19N3. The zero-order valence-electron chi connectivity index (χ0n) is 12.0. The highest BCUT2D eigenvalue weighted by Crippen LogP contribution is 2.23. The van der Waals surface area contributed by atoms with Gasteiger partial charge in [0, 0.05) is 31.0 Å². The highest BCUT2D eigenvalue weighted by molar-refractivity contribution is 5.58. The third kappa shape index (κ3) is 3.35. The smallest absolute Gasteiger partial charge is 0.0991 e. The number of anilines is 2. The topological polar surface area (TPSA) is 39.1 Å². The van der Waals surface area contributed by atoms with Gasteiger partial charge in [0.25, 0.3) is 0 Å². The summed E-state index contributed by atoms with van der Waals surface area (Å²) in [6.07, 6.45) is 2.58. The van der Waals surface area contributed by atoms with Crippen LogP contribution in [0.2, 0.25) is 0 Å². The van der Waals surface area contributed by atoms with E-state index >= 15 is 0 Å². The Kier molecular flexibility index (Phi) is 4.07. The van der Waals surface area contributed by atoms with E-state index in [1.54, 1.807) is 0 Å². The maximum absolute atomic E-state index is 8.93. The van der Waals surface area contributed by atoms with Gasteiger partial charge < -0.3 is 10.2 Å². The summed E-state index contributed by atoms with van der Waals surface area (Å²) in [6, 6.07) is 18.5. The van der Waals surface area contributed by atoms with Crippen LogP contribution in [0.15, 0.2) is 48.5 Å². The van der Waals surface area contributed by atoms with E-state index in [1.807, 2.05) is 24.3 Å². The third-order valence-corrected chi connectivity index (χ3v) is 3.87. The maximum atomic E-state index is 8.93. The summed E-state index contributed by atoms with van der Waals surface area (Å²) in [6.45, 7) is 3.06. The van der Waals surface area contributed by atoms with Crippen LogP contribution in [0.3, 0.4) is 0 Å². The van der Waals surface area contributed by atoms with Crippen molar-refractivity contribution < 1.29 is 0 Å². The second kappa shape index (κ2) is 6.32. The molecule has 0 aromatic heterocycles. The van der Waals surface area contributed by atoms with Crippen LogP contribution in [-0.2, 0) is 6.54 Å². The fraction of sp³-hybridized carbons (Fsp3) is 0.278. The average molecular weight is 277 g/mol. The number of hydrogen-bond donors (Lipinski definition) is 1. The summed E-state index contributed by atoms with van der Waals surface area (Å²) >= 11 is 0. The van der Waals surface area contributed by atoms with Crippen molar-refractivity contribution in [3.05, 3.63) is 59.7 Å². The molecule has 0 spiro atoms. The summed E-state index contributed by atoms with van der Waals surface area (Å²) in [7, 11) is 0. The molecule has 0 atom stereocenters. The van der Waals surface area contributed by atoms with Crippen molar-refractivity contribution in [3.63, 3.8) is 0 Å². The number of nitriles is 1. The van der Waals surface area contributed by atoms with E-state index in [1.165, 1.54) is 18.5 Å². The highest BCUT2D eigenvalue weighted by Gasteiger charge is 2.12. The van der Waals surface area contributed by atoms with E-state index in [9.17, 15) is 0 Å². The van der Waals surface area contributed by atoms with Crippen LogP contribution in [0.25, 0.3) is 0 Å². The first kappa shape index (κ1) is 13.5. The maximum Gasteiger partial charge on any atom is 0.0991 e. The Morgan fingerprint density at radius 1 is 1.05 bits per heavy atom. The first-order valence-corrected chi connectivity index (χ1v) is 7.43. The molecule has 3 heteroatoms. The normalized spacial score (nSPS) is 14.0. The van der Waals surface area contributed by atoms with Gasteiger partial charge in [-0.05, 0) is 48.7 Å². The molecule has 0 amide bonds. The summed E-state index contributed by atoms with van der Waals surface area (Å²) in [4.78, 5) is 2.43. The fourth-order valence-corrected chi connectivity index (χ4v) is 2.74. The Balaban J connectivity index is 1.67. The molecule has 1 fully saturated rings. The Hall–Kier alpha value is -2.47. The van der Waals surface area contributed by atoms with Crippen LogP contribution in [0.5, 0.6) is 0 Å². The SMILES string of the molecule is N#Cc1cccc(CNc2cccc(N3CCCC3)c2)c1. The van der Waals surface area contributed by atoms with Gasteiger partial charge in [0.2, 0.25) is 0 Å². The van der Waals surface area contributed by atoms with Crippen molar-refractivity contribution in [1.29, 1.82) is 5.26 Å². The van der Waals surface area contributed by atoms with E-state index in [2.05, 4.69) is 40.6 Å². The van der Waals surface area contributed by atoms with Crippen molar-refractivity contribution in [2.24, 2.45) is 0 Å². The van der Waals surface area contributed by atoms with Crippen molar-refractivity contribution >= 4 is 11.4 Å². The Bertz CT molecular complexity index is 652. The minimum atomic E-state index is 0.708. The van der Waals surface area contributed by atoms with Crippen molar-refractivity contribution in [1.82, 2.24) is 0 Å². The van der Waals surface area contributed by atoms with E-state index in [-0.39, 0.29) is 0 Å². The molecule has 3 nitrogen and oxygen atoms in total. The molecule has 1 heterocycles. The molecular weight excluding hydrogens is 258 g/mol. The molecule has 106 valence electrons. The predicted molar refractivity (Wildman–Crippen MR) is 86.4 cm³/mol. The average Bonchev–Trinajstić information content (AvgIpc) is 3.08. The summed E-state index contributed by atoms with van der Waals surface area (Å²) < 4.78 is 0. The molecule has 21 heavy (non-hydrogen) atoms. The minimum Gasteiger partial charge on any atom is -0.381 e. The van der Waals surface area contributed by atoms with Crippen LogP contribution in [0.1, 0.15) is 24.0 Å². The summed E-state index contributed by atoms with van der Waals surface area (Å²) in [5.41, 5.74) is 4.26. The molecule has 2 aromatic rings. The van der Waals surface area contributed by atoms with E-state index < -0.39 is 0 Å². The first-order valence-electron chi connectivity index (χ1n) is 7.43. The Labute approximate surface area is 125 Å². The predicted octanol–water partition coefficient (Wildman–Crippen LogP) is 3.77. The summed E-state index contributed by atoms with van der Waals surface area (Å²) in [5.74, 6) is 0. The van der Waals surface area contributed by atoms with E-state index in [4.69, 9.17) is 5.26 Å². The Morgan fingerprint density at radius 2 is 1.86 bits per heavy atom. The fourth-order valence-electron chi connectivity index (χ4n) is 2.74. The molecule has 0 bridgehead atoms. The monoisotopic (exact) mass is 277 g/mol. The van der Waals surface area contributed by atoms with Gasteiger partial charge in [-0.1, -0.05) is 18.2 Å². The van der Waals surface area contributed by atoms with Crippen LogP contribution in [-0.4, -0.2) is 13.1 Å². The summed E-state index contributed by atoms with van der Waals surface area (Å²) in [5, 5.41) is 12.4. The largest absolute Gasteiger partial charge is 0.381 e. The third-order valence-electron chi connectivity index (χ3n) is 3.87. The van der Waals surface area contributed by atoms with Crippen molar-refractivity contribution in [2.75, 3.05) is 23.3 Å². The van der Waals surface area contributed by atoms with Gasteiger partial charge in [0.1, 0.15) is 0 Å². The Morgan fingerprint density at radius 3 is 2.67 bits per heavy atom. The van der Waals surface area contributed by atoms with Crippen LogP contribution in [0.4, 0.5) is 11.4 Å².